The van der Waals surface area contributed by atoms with Crippen molar-refractivity contribution in [3.05, 3.63) is 41.7 Å². The average molecular weight is 489 g/mol. The number of nitrogens with two attached hydrogens (primary N) is 1. The van der Waals surface area contributed by atoms with E-state index in [0.29, 0.717) is 24.2 Å². The van der Waals surface area contributed by atoms with E-state index in [9.17, 15) is 13.2 Å². The Hall–Kier alpha value is -2.92. The van der Waals surface area contributed by atoms with Gasteiger partial charge in [0, 0.05) is 37.8 Å². The van der Waals surface area contributed by atoms with Crippen LogP contribution in [-0.2, 0) is 12.7 Å². The summed E-state index contributed by atoms with van der Waals surface area (Å²) in [5.74, 6) is 1.32. The van der Waals surface area contributed by atoms with Crippen LogP contribution >= 0.6 is 0 Å². The van der Waals surface area contributed by atoms with Gasteiger partial charge in [-0.25, -0.2) is 4.98 Å². The summed E-state index contributed by atoms with van der Waals surface area (Å²) in [5, 5.41) is 7.03. The Morgan fingerprint density at radius 1 is 0.943 bits per heavy atom. The first-order chi connectivity index (χ1) is 16.8. The van der Waals surface area contributed by atoms with Crippen LogP contribution in [0.1, 0.15) is 49.7 Å². The van der Waals surface area contributed by atoms with Gasteiger partial charge in [0.15, 0.2) is 11.5 Å². The lowest BCUT2D eigenvalue weighted by atomic mass is 9.92. The Labute approximate surface area is 201 Å². The minimum absolute atomic E-state index is 0.237. The highest BCUT2D eigenvalue weighted by Gasteiger charge is 2.30. The normalized spacial score (nSPS) is 22.4. The molecule has 5 rings (SSSR count). The fraction of sp³-hybridized carbons (Fsp3) is 0.542. The zero-order chi connectivity index (χ0) is 24.4. The van der Waals surface area contributed by atoms with Gasteiger partial charge in [-0.3, -0.25) is 4.90 Å². The van der Waals surface area contributed by atoms with Crippen LogP contribution in [0.3, 0.4) is 0 Å². The molecule has 1 aromatic carbocycles. The van der Waals surface area contributed by atoms with Gasteiger partial charge in [-0.05, 0) is 56.2 Å². The molecule has 3 aromatic rings. The Morgan fingerprint density at radius 3 is 2.31 bits per heavy atom. The number of H-pyrrole nitrogens is 1. The topological polar surface area (TPSA) is 108 Å². The smallest absolute Gasteiger partial charge is 0.365 e. The molecule has 0 unspecified atom stereocenters. The Morgan fingerprint density at radius 2 is 1.63 bits per heavy atom. The molecule has 2 aromatic heterocycles. The van der Waals surface area contributed by atoms with Crippen LogP contribution in [0.5, 0.6) is 0 Å². The van der Waals surface area contributed by atoms with Crippen LogP contribution in [0, 0.1) is 0 Å². The summed E-state index contributed by atoms with van der Waals surface area (Å²) in [6.07, 6.45) is 3.14. The second kappa shape index (κ2) is 9.98. The molecule has 11 heteroatoms. The van der Waals surface area contributed by atoms with E-state index in [-0.39, 0.29) is 12.1 Å². The first-order valence-corrected chi connectivity index (χ1v) is 12.2. The largest absolute Gasteiger partial charge is 0.416 e. The average Bonchev–Trinajstić information content (AvgIpc) is 3.31. The highest BCUT2D eigenvalue weighted by Crippen LogP contribution is 2.30. The summed E-state index contributed by atoms with van der Waals surface area (Å²) >= 11 is 0. The van der Waals surface area contributed by atoms with Crippen molar-refractivity contribution >= 4 is 22.9 Å². The van der Waals surface area contributed by atoms with E-state index in [1.165, 1.54) is 0 Å². The predicted molar refractivity (Wildman–Crippen MR) is 129 cm³/mol. The molecule has 1 saturated heterocycles. The molecular weight excluding hydrogens is 457 g/mol. The van der Waals surface area contributed by atoms with Gasteiger partial charge in [-0.2, -0.15) is 23.1 Å². The van der Waals surface area contributed by atoms with Crippen LogP contribution in [-0.4, -0.2) is 56.1 Å². The number of fused-ring (bicyclic) bond motifs is 1. The number of alkyl halides is 3. The van der Waals surface area contributed by atoms with Crippen molar-refractivity contribution < 1.29 is 13.2 Å². The van der Waals surface area contributed by atoms with Crippen molar-refractivity contribution in [1.82, 2.24) is 24.8 Å². The molecule has 0 radical (unpaired) electrons. The second-order valence-corrected chi connectivity index (χ2v) is 9.64. The number of rotatable bonds is 6. The molecule has 188 valence electrons. The van der Waals surface area contributed by atoms with Crippen LogP contribution in [0.25, 0.3) is 11.2 Å². The molecule has 8 nitrogen and oxygen atoms in total. The third-order valence-corrected chi connectivity index (χ3v) is 7.01. The monoisotopic (exact) mass is 488 g/mol. The second-order valence-electron chi connectivity index (χ2n) is 9.64. The Bertz CT molecular complexity index is 1110. The van der Waals surface area contributed by atoms with E-state index in [0.717, 1.165) is 80.6 Å². The third-order valence-electron chi connectivity index (χ3n) is 7.01. The minimum Gasteiger partial charge on any atom is -0.365 e. The molecule has 0 spiro atoms. The van der Waals surface area contributed by atoms with Gasteiger partial charge in [0.1, 0.15) is 5.52 Å². The van der Waals surface area contributed by atoms with Gasteiger partial charge in [0.2, 0.25) is 5.95 Å². The number of hydrogen-bond donors (Lipinski definition) is 4. The fourth-order valence-corrected chi connectivity index (χ4v) is 4.93. The van der Waals surface area contributed by atoms with E-state index in [4.69, 9.17) is 10.7 Å². The molecule has 5 N–H and O–H groups in total. The summed E-state index contributed by atoms with van der Waals surface area (Å²) in [4.78, 5) is 19.1. The maximum atomic E-state index is 12.8. The molecule has 1 aliphatic carbocycles. The van der Waals surface area contributed by atoms with Crippen molar-refractivity contribution in [2.24, 2.45) is 5.73 Å². The number of benzene rings is 1. The summed E-state index contributed by atoms with van der Waals surface area (Å²) in [5.41, 5.74) is 7.71. The quantitative estimate of drug-likeness (QED) is 0.413. The standard InChI is InChI=1S/C24H31F3N8/c25-24(26,27)16-3-1-15(2-4-16)13-35-11-9-19(10-12-35)31-22-20-21(30-14-29-20)33-23(34-22)32-18-7-5-17(28)6-8-18/h1-4,14,17-19H,5-13,28H2,(H3,29,30,31,32,33,34). The summed E-state index contributed by atoms with van der Waals surface area (Å²) in [7, 11) is 0. The number of aromatic nitrogens is 4. The highest BCUT2D eigenvalue weighted by atomic mass is 19.4. The third kappa shape index (κ3) is 5.84. The van der Waals surface area contributed by atoms with E-state index >= 15 is 0 Å². The van der Waals surface area contributed by atoms with Crippen molar-refractivity contribution in [2.45, 2.75) is 69.4 Å². The maximum absolute atomic E-state index is 12.8. The van der Waals surface area contributed by atoms with Gasteiger partial charge in [0.25, 0.3) is 0 Å². The number of imidazole rings is 1. The molecule has 2 aliphatic rings. The summed E-state index contributed by atoms with van der Waals surface area (Å²) in [6.45, 7) is 2.34. The first-order valence-electron chi connectivity index (χ1n) is 12.2. The number of anilines is 2. The highest BCUT2D eigenvalue weighted by molar-refractivity contribution is 5.83. The number of nitrogens with zero attached hydrogens (tertiary/aromatic N) is 4. The molecular formula is C24H31F3N8. The number of piperidine rings is 1. The molecule has 3 heterocycles. The predicted octanol–water partition coefficient (Wildman–Crippen LogP) is 4.13. The van der Waals surface area contributed by atoms with Crippen molar-refractivity contribution in [2.75, 3.05) is 23.7 Å². The number of hydrogen-bond acceptors (Lipinski definition) is 7. The number of nitrogens with one attached hydrogen (secondary N) is 3. The van der Waals surface area contributed by atoms with Crippen molar-refractivity contribution in [3.63, 3.8) is 0 Å². The van der Waals surface area contributed by atoms with E-state index < -0.39 is 11.7 Å². The van der Waals surface area contributed by atoms with Crippen LogP contribution in [0.2, 0.25) is 0 Å². The van der Waals surface area contributed by atoms with Gasteiger partial charge in [-0.1, -0.05) is 12.1 Å². The van der Waals surface area contributed by atoms with Gasteiger partial charge < -0.3 is 21.4 Å². The molecule has 1 aliphatic heterocycles. The molecule has 2 fully saturated rings. The van der Waals surface area contributed by atoms with Crippen LogP contribution < -0.4 is 16.4 Å². The van der Waals surface area contributed by atoms with Gasteiger partial charge in [-0.15, -0.1) is 0 Å². The number of aromatic amines is 1. The lowest BCUT2D eigenvalue weighted by molar-refractivity contribution is -0.137. The SMILES string of the molecule is NC1CCC(Nc2nc(NC3CCN(Cc4ccc(C(F)(F)F)cc4)CC3)c3[nH]cnc3n2)CC1. The van der Waals surface area contributed by atoms with Gasteiger partial charge in [0.05, 0.1) is 11.9 Å². The molecule has 0 amide bonds. The summed E-state index contributed by atoms with van der Waals surface area (Å²) < 4.78 is 38.4. The van der Waals surface area contributed by atoms with Gasteiger partial charge >= 0.3 is 6.18 Å². The Kier molecular flexibility index (Phi) is 6.79. The van der Waals surface area contributed by atoms with Crippen LogP contribution in [0.4, 0.5) is 24.9 Å². The zero-order valence-corrected chi connectivity index (χ0v) is 19.5. The zero-order valence-electron chi connectivity index (χ0n) is 19.5. The fourth-order valence-electron chi connectivity index (χ4n) is 4.93. The van der Waals surface area contributed by atoms with E-state index in [1.807, 2.05) is 0 Å². The maximum Gasteiger partial charge on any atom is 0.416 e. The first kappa shape index (κ1) is 23.8. The van der Waals surface area contributed by atoms with Crippen molar-refractivity contribution in [1.29, 1.82) is 0 Å². The van der Waals surface area contributed by atoms with Crippen molar-refractivity contribution in [3.8, 4) is 0 Å². The van der Waals surface area contributed by atoms with Crippen LogP contribution in [0.15, 0.2) is 30.6 Å². The summed E-state index contributed by atoms with van der Waals surface area (Å²) in [6, 6.07) is 6.27. The minimum atomic E-state index is -4.30. The molecule has 0 bridgehead atoms. The Balaban J connectivity index is 1.18. The van der Waals surface area contributed by atoms with E-state index in [2.05, 4.69) is 30.5 Å². The lowest BCUT2D eigenvalue weighted by Crippen LogP contribution is -2.39. The lowest BCUT2D eigenvalue weighted by Gasteiger charge is -2.32. The molecule has 1 saturated carbocycles. The molecule has 35 heavy (non-hydrogen) atoms. The van der Waals surface area contributed by atoms with E-state index in [1.54, 1.807) is 18.5 Å². The number of halogens is 3. The molecule has 0 atom stereocenters. The number of likely N-dealkylation sites (tertiary alicyclic amines) is 1.